The van der Waals surface area contributed by atoms with Gasteiger partial charge in [0.05, 0.1) is 0 Å². The Balaban J connectivity index is 2.84. The fourth-order valence-corrected chi connectivity index (χ4v) is 1.69. The molecule has 0 aliphatic rings. The monoisotopic (exact) mass is 251 g/mol. The topological polar surface area (TPSA) is 87.6 Å². The van der Waals surface area contributed by atoms with Crippen LogP contribution in [-0.2, 0) is 6.42 Å². The summed E-state index contributed by atoms with van der Waals surface area (Å²) in [6.07, 6.45) is 1.39. The van der Waals surface area contributed by atoms with Crippen LogP contribution in [0.1, 0.15) is 31.8 Å². The Morgan fingerprint density at radius 1 is 1.44 bits per heavy atom. The standard InChI is InChI=1S/C12H21N5O/c1-4-10-8-12(15-9(3)14-10)17(5-2)7-6-11(13)16-18/h8,18H,4-7H2,1-3H3,(H2,13,16). The largest absolute Gasteiger partial charge is 0.409 e. The van der Waals surface area contributed by atoms with E-state index in [0.717, 1.165) is 30.3 Å². The van der Waals surface area contributed by atoms with E-state index in [0.29, 0.717) is 13.0 Å². The second-order valence-electron chi connectivity index (χ2n) is 4.04. The minimum Gasteiger partial charge on any atom is -0.409 e. The highest BCUT2D eigenvalue weighted by Crippen LogP contribution is 2.13. The average Bonchev–Trinajstić information content (AvgIpc) is 2.38. The van der Waals surface area contributed by atoms with E-state index in [4.69, 9.17) is 10.9 Å². The summed E-state index contributed by atoms with van der Waals surface area (Å²) in [5, 5.41) is 11.5. The highest BCUT2D eigenvalue weighted by molar-refractivity contribution is 5.80. The molecule has 1 rings (SSSR count). The molecule has 0 unspecified atom stereocenters. The Hall–Kier alpha value is -1.85. The lowest BCUT2D eigenvalue weighted by molar-refractivity contribution is 0.317. The number of hydrogen-bond acceptors (Lipinski definition) is 5. The molecule has 0 aliphatic heterocycles. The molecule has 0 fully saturated rings. The number of aromatic nitrogens is 2. The first-order valence-electron chi connectivity index (χ1n) is 6.16. The molecule has 1 heterocycles. The maximum Gasteiger partial charge on any atom is 0.140 e. The van der Waals surface area contributed by atoms with Gasteiger partial charge in [-0.2, -0.15) is 0 Å². The van der Waals surface area contributed by atoms with Gasteiger partial charge < -0.3 is 15.8 Å². The minimum absolute atomic E-state index is 0.231. The lowest BCUT2D eigenvalue weighted by Crippen LogP contribution is -2.29. The molecule has 3 N–H and O–H groups in total. The Morgan fingerprint density at radius 2 is 2.17 bits per heavy atom. The van der Waals surface area contributed by atoms with E-state index in [-0.39, 0.29) is 5.84 Å². The first-order valence-corrected chi connectivity index (χ1v) is 6.16. The summed E-state index contributed by atoms with van der Waals surface area (Å²) in [6, 6.07) is 1.99. The van der Waals surface area contributed by atoms with Crippen LogP contribution in [0.4, 0.5) is 5.82 Å². The smallest absolute Gasteiger partial charge is 0.140 e. The van der Waals surface area contributed by atoms with Crippen molar-refractivity contribution in [1.82, 2.24) is 9.97 Å². The predicted octanol–water partition coefficient (Wildman–Crippen LogP) is 1.31. The third kappa shape index (κ3) is 3.87. The minimum atomic E-state index is 0.231. The second-order valence-corrected chi connectivity index (χ2v) is 4.04. The molecule has 0 aliphatic carbocycles. The zero-order valence-corrected chi connectivity index (χ0v) is 11.2. The zero-order chi connectivity index (χ0) is 13.5. The van der Waals surface area contributed by atoms with Crippen LogP contribution < -0.4 is 10.6 Å². The first-order chi connectivity index (χ1) is 8.60. The summed E-state index contributed by atoms with van der Waals surface area (Å²) >= 11 is 0. The van der Waals surface area contributed by atoms with Gasteiger partial charge in [0, 0.05) is 31.3 Å². The molecule has 0 saturated carbocycles. The Bertz CT molecular complexity index is 419. The SMILES string of the molecule is CCc1cc(N(CC)CCC(N)=NO)nc(C)n1. The molecule has 0 radical (unpaired) electrons. The van der Waals surface area contributed by atoms with E-state index in [9.17, 15) is 0 Å². The average molecular weight is 251 g/mol. The highest BCUT2D eigenvalue weighted by atomic mass is 16.4. The summed E-state index contributed by atoms with van der Waals surface area (Å²) in [5.74, 6) is 1.90. The molecule has 100 valence electrons. The number of nitrogens with zero attached hydrogens (tertiary/aromatic N) is 4. The number of rotatable bonds is 6. The van der Waals surface area contributed by atoms with Crippen LogP contribution in [0.2, 0.25) is 0 Å². The Labute approximate surface area is 108 Å². The predicted molar refractivity (Wildman–Crippen MR) is 72.1 cm³/mol. The van der Waals surface area contributed by atoms with Crippen molar-refractivity contribution in [1.29, 1.82) is 0 Å². The van der Waals surface area contributed by atoms with Gasteiger partial charge in [-0.1, -0.05) is 12.1 Å². The summed E-state index contributed by atoms with van der Waals surface area (Å²) in [4.78, 5) is 10.9. The van der Waals surface area contributed by atoms with E-state index in [1.165, 1.54) is 0 Å². The number of oxime groups is 1. The van der Waals surface area contributed by atoms with Crippen molar-refractivity contribution in [2.75, 3.05) is 18.0 Å². The molecule has 18 heavy (non-hydrogen) atoms. The van der Waals surface area contributed by atoms with Crippen molar-refractivity contribution in [2.45, 2.75) is 33.6 Å². The van der Waals surface area contributed by atoms with Crippen LogP contribution in [0.25, 0.3) is 0 Å². The molecule has 1 aromatic heterocycles. The van der Waals surface area contributed by atoms with Gasteiger partial charge in [-0.25, -0.2) is 9.97 Å². The van der Waals surface area contributed by atoms with Crippen molar-refractivity contribution in [3.05, 3.63) is 17.6 Å². The fourth-order valence-electron chi connectivity index (χ4n) is 1.69. The number of nitrogens with two attached hydrogens (primary N) is 1. The van der Waals surface area contributed by atoms with Crippen molar-refractivity contribution in [3.8, 4) is 0 Å². The van der Waals surface area contributed by atoms with Gasteiger partial charge in [0.2, 0.25) is 0 Å². The van der Waals surface area contributed by atoms with Gasteiger partial charge >= 0.3 is 0 Å². The normalized spacial score (nSPS) is 11.6. The summed E-state index contributed by atoms with van der Waals surface area (Å²) in [5.41, 5.74) is 6.51. The van der Waals surface area contributed by atoms with Crippen LogP contribution in [0.5, 0.6) is 0 Å². The maximum atomic E-state index is 8.54. The van der Waals surface area contributed by atoms with Crippen molar-refractivity contribution < 1.29 is 5.21 Å². The molecule has 1 aromatic rings. The van der Waals surface area contributed by atoms with Gasteiger partial charge in [-0.05, 0) is 20.3 Å². The Kier molecular flexibility index (Phi) is 5.35. The number of aryl methyl sites for hydroxylation is 2. The van der Waals surface area contributed by atoms with Crippen molar-refractivity contribution in [3.63, 3.8) is 0 Å². The van der Waals surface area contributed by atoms with Crippen molar-refractivity contribution in [2.24, 2.45) is 10.9 Å². The molecular weight excluding hydrogens is 230 g/mol. The van der Waals surface area contributed by atoms with E-state index in [1.54, 1.807) is 0 Å². The number of hydrogen-bond donors (Lipinski definition) is 2. The van der Waals surface area contributed by atoms with Gasteiger partial charge in [0.15, 0.2) is 0 Å². The van der Waals surface area contributed by atoms with Crippen LogP contribution in [0, 0.1) is 6.92 Å². The molecule has 6 heteroatoms. The summed E-state index contributed by atoms with van der Waals surface area (Å²) in [6.45, 7) is 7.50. The van der Waals surface area contributed by atoms with Gasteiger partial charge in [-0.15, -0.1) is 0 Å². The molecule has 0 atom stereocenters. The molecule has 6 nitrogen and oxygen atoms in total. The molecular formula is C12H21N5O. The van der Waals surface area contributed by atoms with Gasteiger partial charge in [0.25, 0.3) is 0 Å². The summed E-state index contributed by atoms with van der Waals surface area (Å²) < 4.78 is 0. The number of amidine groups is 1. The Morgan fingerprint density at radius 3 is 2.72 bits per heavy atom. The van der Waals surface area contributed by atoms with E-state index < -0.39 is 0 Å². The van der Waals surface area contributed by atoms with Crippen LogP contribution >= 0.6 is 0 Å². The van der Waals surface area contributed by atoms with E-state index in [2.05, 4.69) is 33.9 Å². The maximum absolute atomic E-state index is 8.54. The van der Waals surface area contributed by atoms with Crippen LogP contribution in [0.15, 0.2) is 11.2 Å². The molecule has 0 saturated heterocycles. The first kappa shape index (κ1) is 14.2. The third-order valence-corrected chi connectivity index (χ3v) is 2.71. The van der Waals surface area contributed by atoms with Crippen LogP contribution in [0.3, 0.4) is 0 Å². The van der Waals surface area contributed by atoms with E-state index >= 15 is 0 Å². The lowest BCUT2D eigenvalue weighted by atomic mass is 10.3. The van der Waals surface area contributed by atoms with Crippen molar-refractivity contribution >= 4 is 11.7 Å². The lowest BCUT2D eigenvalue weighted by Gasteiger charge is -2.22. The highest BCUT2D eigenvalue weighted by Gasteiger charge is 2.09. The van der Waals surface area contributed by atoms with E-state index in [1.807, 2.05) is 13.0 Å². The van der Waals surface area contributed by atoms with Gasteiger partial charge in [0.1, 0.15) is 17.5 Å². The molecule has 0 spiro atoms. The fraction of sp³-hybridized carbons (Fsp3) is 0.583. The second kappa shape index (κ2) is 6.78. The molecule has 0 aromatic carbocycles. The molecule has 0 amide bonds. The summed E-state index contributed by atoms with van der Waals surface area (Å²) in [7, 11) is 0. The van der Waals surface area contributed by atoms with Crippen LogP contribution in [-0.4, -0.2) is 34.1 Å². The van der Waals surface area contributed by atoms with Gasteiger partial charge in [-0.3, -0.25) is 0 Å². The number of anilines is 1. The zero-order valence-electron chi connectivity index (χ0n) is 11.2. The quantitative estimate of drug-likeness (QED) is 0.344. The third-order valence-electron chi connectivity index (χ3n) is 2.71. The molecule has 0 bridgehead atoms.